The van der Waals surface area contributed by atoms with E-state index in [1.165, 1.54) is 27.8 Å². The van der Waals surface area contributed by atoms with E-state index in [9.17, 15) is 0 Å². The van der Waals surface area contributed by atoms with Crippen LogP contribution in [0.1, 0.15) is 23.6 Å². The zero-order valence-electron chi connectivity index (χ0n) is 13.3. The molecule has 2 nitrogen and oxygen atoms in total. The van der Waals surface area contributed by atoms with Gasteiger partial charge in [-0.3, -0.25) is 0 Å². The van der Waals surface area contributed by atoms with E-state index < -0.39 is 0 Å². The summed E-state index contributed by atoms with van der Waals surface area (Å²) in [5, 5.41) is 3.42. The fraction of sp³-hybridized carbons (Fsp3) is 0.368. The molecule has 0 unspecified atom stereocenters. The van der Waals surface area contributed by atoms with Crippen LogP contribution in [0.5, 0.6) is 0 Å². The van der Waals surface area contributed by atoms with Crippen molar-refractivity contribution in [3.63, 3.8) is 0 Å². The molecular weight excluding hydrogens is 258 g/mol. The molecule has 0 aliphatic carbocycles. The average Bonchev–Trinajstić information content (AvgIpc) is 2.52. The Bertz CT molecular complexity index is 560. The molecule has 0 aliphatic heterocycles. The van der Waals surface area contributed by atoms with Crippen molar-refractivity contribution in [3.05, 3.63) is 59.2 Å². The van der Waals surface area contributed by atoms with E-state index in [0.717, 1.165) is 26.1 Å². The molecule has 21 heavy (non-hydrogen) atoms. The van der Waals surface area contributed by atoms with E-state index >= 15 is 0 Å². The number of rotatable bonds is 7. The van der Waals surface area contributed by atoms with Crippen LogP contribution in [-0.2, 0) is 17.7 Å². The summed E-state index contributed by atoms with van der Waals surface area (Å²) in [6.45, 7) is 6.96. The number of ether oxygens (including phenoxy) is 1. The van der Waals surface area contributed by atoms with Gasteiger partial charge in [-0.15, -0.1) is 0 Å². The minimum absolute atomic E-state index is 0.773. The van der Waals surface area contributed by atoms with Crippen molar-refractivity contribution in [2.75, 3.05) is 20.3 Å². The Labute approximate surface area is 128 Å². The van der Waals surface area contributed by atoms with Crippen molar-refractivity contribution in [2.45, 2.75) is 26.8 Å². The number of nitrogens with one attached hydrogen (secondary N) is 1. The van der Waals surface area contributed by atoms with Gasteiger partial charge in [0.05, 0.1) is 6.61 Å². The monoisotopic (exact) mass is 283 g/mol. The number of hydrogen-bond donors (Lipinski definition) is 1. The molecule has 0 atom stereocenters. The number of benzene rings is 2. The fourth-order valence-electron chi connectivity index (χ4n) is 2.44. The van der Waals surface area contributed by atoms with Crippen molar-refractivity contribution in [1.82, 2.24) is 5.32 Å². The lowest BCUT2D eigenvalue weighted by Crippen LogP contribution is -2.12. The van der Waals surface area contributed by atoms with Crippen LogP contribution >= 0.6 is 0 Å². The van der Waals surface area contributed by atoms with Crippen LogP contribution in [0, 0.1) is 6.92 Å². The Balaban J connectivity index is 2.25. The predicted molar refractivity (Wildman–Crippen MR) is 89.6 cm³/mol. The standard InChI is InChI=1S/C19H25NO/c1-4-20-14-18-8-5-15(2)13-19(18)17-9-6-16(7-10-17)11-12-21-3/h5-10,13,20H,4,11-12,14H2,1-3H3. The molecule has 0 heterocycles. The van der Waals surface area contributed by atoms with Crippen LogP contribution in [0.3, 0.4) is 0 Å². The Morgan fingerprint density at radius 3 is 2.48 bits per heavy atom. The van der Waals surface area contributed by atoms with Gasteiger partial charge in [0.15, 0.2) is 0 Å². The van der Waals surface area contributed by atoms with Crippen LogP contribution < -0.4 is 5.32 Å². The smallest absolute Gasteiger partial charge is 0.0502 e. The van der Waals surface area contributed by atoms with Crippen LogP contribution in [0.2, 0.25) is 0 Å². The van der Waals surface area contributed by atoms with E-state index in [1.807, 2.05) is 0 Å². The first-order chi connectivity index (χ1) is 10.2. The summed E-state index contributed by atoms with van der Waals surface area (Å²) >= 11 is 0. The van der Waals surface area contributed by atoms with Gasteiger partial charge in [0.2, 0.25) is 0 Å². The maximum atomic E-state index is 5.13. The van der Waals surface area contributed by atoms with E-state index in [4.69, 9.17) is 4.74 Å². The third-order valence-electron chi connectivity index (χ3n) is 3.69. The highest BCUT2D eigenvalue weighted by Gasteiger charge is 2.05. The van der Waals surface area contributed by atoms with E-state index in [0.29, 0.717) is 0 Å². The minimum atomic E-state index is 0.773. The number of methoxy groups -OCH3 is 1. The average molecular weight is 283 g/mol. The lowest BCUT2D eigenvalue weighted by Gasteiger charge is -2.12. The van der Waals surface area contributed by atoms with Gasteiger partial charge in [0.1, 0.15) is 0 Å². The van der Waals surface area contributed by atoms with Crippen molar-refractivity contribution in [2.24, 2.45) is 0 Å². The number of aryl methyl sites for hydroxylation is 1. The summed E-state index contributed by atoms with van der Waals surface area (Å²) in [6, 6.07) is 15.5. The minimum Gasteiger partial charge on any atom is -0.384 e. The van der Waals surface area contributed by atoms with Crippen molar-refractivity contribution in [1.29, 1.82) is 0 Å². The van der Waals surface area contributed by atoms with Gasteiger partial charge in [0.25, 0.3) is 0 Å². The quantitative estimate of drug-likeness (QED) is 0.830. The van der Waals surface area contributed by atoms with Gasteiger partial charge in [-0.2, -0.15) is 0 Å². The van der Waals surface area contributed by atoms with Crippen molar-refractivity contribution < 1.29 is 4.74 Å². The highest BCUT2D eigenvalue weighted by molar-refractivity contribution is 5.68. The molecule has 2 heteroatoms. The SMILES string of the molecule is CCNCc1ccc(C)cc1-c1ccc(CCOC)cc1. The van der Waals surface area contributed by atoms with Crippen molar-refractivity contribution in [3.8, 4) is 11.1 Å². The second-order valence-electron chi connectivity index (χ2n) is 5.38. The molecule has 112 valence electrons. The molecule has 1 N–H and O–H groups in total. The lowest BCUT2D eigenvalue weighted by molar-refractivity contribution is 0.202. The van der Waals surface area contributed by atoms with Crippen LogP contribution in [-0.4, -0.2) is 20.3 Å². The molecule has 0 saturated heterocycles. The largest absolute Gasteiger partial charge is 0.384 e. The molecule has 0 fully saturated rings. The van der Waals surface area contributed by atoms with E-state index in [2.05, 4.69) is 61.6 Å². The third-order valence-corrected chi connectivity index (χ3v) is 3.69. The van der Waals surface area contributed by atoms with Crippen LogP contribution in [0.25, 0.3) is 11.1 Å². The molecule has 2 aromatic rings. The molecule has 0 bridgehead atoms. The zero-order valence-corrected chi connectivity index (χ0v) is 13.3. The summed E-state index contributed by atoms with van der Waals surface area (Å²) < 4.78 is 5.13. The Hall–Kier alpha value is -1.64. The molecular formula is C19H25NO. The lowest BCUT2D eigenvalue weighted by atomic mass is 9.96. The summed E-state index contributed by atoms with van der Waals surface area (Å²) in [5.74, 6) is 0. The molecule has 0 aliphatic rings. The second-order valence-corrected chi connectivity index (χ2v) is 5.38. The van der Waals surface area contributed by atoms with Gasteiger partial charge in [-0.25, -0.2) is 0 Å². The Morgan fingerprint density at radius 1 is 1.05 bits per heavy atom. The van der Waals surface area contributed by atoms with Gasteiger partial charge >= 0.3 is 0 Å². The molecule has 0 spiro atoms. The fourth-order valence-corrected chi connectivity index (χ4v) is 2.44. The highest BCUT2D eigenvalue weighted by Crippen LogP contribution is 2.25. The van der Waals surface area contributed by atoms with Gasteiger partial charge in [0, 0.05) is 13.7 Å². The zero-order chi connectivity index (χ0) is 15.1. The maximum Gasteiger partial charge on any atom is 0.0502 e. The van der Waals surface area contributed by atoms with E-state index in [-0.39, 0.29) is 0 Å². The Morgan fingerprint density at radius 2 is 1.81 bits per heavy atom. The summed E-state index contributed by atoms with van der Waals surface area (Å²) in [6.07, 6.45) is 0.967. The molecule has 2 rings (SSSR count). The van der Waals surface area contributed by atoms with Gasteiger partial charge in [-0.1, -0.05) is 55.0 Å². The first-order valence-corrected chi connectivity index (χ1v) is 7.63. The molecule has 0 radical (unpaired) electrons. The molecule has 2 aromatic carbocycles. The highest BCUT2D eigenvalue weighted by atomic mass is 16.5. The van der Waals surface area contributed by atoms with Crippen molar-refractivity contribution >= 4 is 0 Å². The molecule has 0 saturated carbocycles. The van der Waals surface area contributed by atoms with Gasteiger partial charge in [-0.05, 0) is 42.1 Å². The molecule has 0 aromatic heterocycles. The van der Waals surface area contributed by atoms with Gasteiger partial charge < -0.3 is 10.1 Å². The third kappa shape index (κ3) is 4.42. The maximum absolute atomic E-state index is 5.13. The summed E-state index contributed by atoms with van der Waals surface area (Å²) in [5.41, 5.74) is 6.59. The van der Waals surface area contributed by atoms with E-state index in [1.54, 1.807) is 7.11 Å². The van der Waals surface area contributed by atoms with Crippen LogP contribution in [0.15, 0.2) is 42.5 Å². The molecule has 0 amide bonds. The summed E-state index contributed by atoms with van der Waals surface area (Å²) in [4.78, 5) is 0. The number of hydrogen-bond acceptors (Lipinski definition) is 2. The second kappa shape index (κ2) is 7.96. The first-order valence-electron chi connectivity index (χ1n) is 7.63. The first kappa shape index (κ1) is 15.7. The summed E-state index contributed by atoms with van der Waals surface area (Å²) in [7, 11) is 1.74. The Kier molecular flexibility index (Phi) is 5.97. The normalized spacial score (nSPS) is 10.8. The predicted octanol–water partition coefficient (Wildman–Crippen LogP) is 3.96. The van der Waals surface area contributed by atoms with Crippen LogP contribution in [0.4, 0.5) is 0 Å². The topological polar surface area (TPSA) is 21.3 Å².